The number of nitrogens with one attached hydrogen (secondary N) is 1. The summed E-state index contributed by atoms with van der Waals surface area (Å²) < 4.78 is 19.7. The van der Waals surface area contributed by atoms with Gasteiger partial charge in [-0.25, -0.2) is 9.82 Å². The first kappa shape index (κ1) is 22.1. The van der Waals surface area contributed by atoms with E-state index in [1.54, 1.807) is 6.07 Å². The summed E-state index contributed by atoms with van der Waals surface area (Å²) in [5.41, 5.74) is 15.4. The second-order valence-electron chi connectivity index (χ2n) is 9.24. The second kappa shape index (κ2) is 9.25. The molecule has 0 bridgehead atoms. The van der Waals surface area contributed by atoms with Gasteiger partial charge in [0.25, 0.3) is 5.91 Å². The SMILES string of the molecule is CN1NCC(COC2CCC2)=C1c1ccc2c(c1)CN([C@H](CN)Cc1cccc(F)c1)C2=O. The summed E-state index contributed by atoms with van der Waals surface area (Å²) in [6.45, 7) is 2.23. The van der Waals surface area contributed by atoms with Crippen molar-refractivity contribution < 1.29 is 13.9 Å². The minimum absolute atomic E-state index is 0.0103. The first-order valence-electron chi connectivity index (χ1n) is 11.7. The van der Waals surface area contributed by atoms with Crippen molar-refractivity contribution in [1.29, 1.82) is 0 Å². The van der Waals surface area contributed by atoms with Gasteiger partial charge in [-0.15, -0.1) is 0 Å². The summed E-state index contributed by atoms with van der Waals surface area (Å²) in [6.07, 6.45) is 4.48. The Hall–Kier alpha value is -2.74. The van der Waals surface area contributed by atoms with Gasteiger partial charge in [0.2, 0.25) is 0 Å². The monoisotopic (exact) mass is 450 g/mol. The molecule has 2 aromatic rings. The third kappa shape index (κ3) is 4.40. The molecule has 3 N–H and O–H groups in total. The number of hydrogen-bond acceptors (Lipinski definition) is 5. The van der Waals surface area contributed by atoms with Gasteiger partial charge in [-0.1, -0.05) is 18.2 Å². The van der Waals surface area contributed by atoms with Crippen LogP contribution in [0.2, 0.25) is 0 Å². The van der Waals surface area contributed by atoms with Crippen LogP contribution in [0.1, 0.15) is 46.3 Å². The van der Waals surface area contributed by atoms with Crippen LogP contribution in [-0.2, 0) is 17.7 Å². The summed E-state index contributed by atoms with van der Waals surface area (Å²) in [7, 11) is 2.01. The van der Waals surface area contributed by atoms with Crippen molar-refractivity contribution in [1.82, 2.24) is 15.3 Å². The van der Waals surface area contributed by atoms with Gasteiger partial charge < -0.3 is 20.4 Å². The maximum atomic E-state index is 13.6. The lowest BCUT2D eigenvalue weighted by atomic mass is 9.96. The number of halogens is 1. The van der Waals surface area contributed by atoms with Crippen LogP contribution in [0.3, 0.4) is 0 Å². The van der Waals surface area contributed by atoms with Gasteiger partial charge in [0.1, 0.15) is 5.82 Å². The molecule has 0 radical (unpaired) electrons. The van der Waals surface area contributed by atoms with Crippen LogP contribution < -0.4 is 11.2 Å². The third-order valence-corrected chi connectivity index (χ3v) is 7.03. The van der Waals surface area contributed by atoms with E-state index in [0.29, 0.717) is 32.2 Å². The summed E-state index contributed by atoms with van der Waals surface area (Å²) >= 11 is 0. The molecule has 5 rings (SSSR count). The number of carbonyl (C=O) groups excluding carboxylic acids is 1. The Bertz CT molecular complexity index is 1080. The van der Waals surface area contributed by atoms with E-state index in [2.05, 4.69) is 11.5 Å². The van der Waals surface area contributed by atoms with E-state index in [4.69, 9.17) is 10.5 Å². The molecule has 1 aliphatic carbocycles. The van der Waals surface area contributed by atoms with E-state index < -0.39 is 0 Å². The number of rotatable bonds is 8. The number of fused-ring (bicyclic) bond motifs is 1. The topological polar surface area (TPSA) is 70.8 Å². The molecule has 33 heavy (non-hydrogen) atoms. The number of ether oxygens (including phenoxy) is 1. The van der Waals surface area contributed by atoms with Gasteiger partial charge in [0, 0.05) is 38.3 Å². The highest BCUT2D eigenvalue weighted by molar-refractivity contribution is 5.99. The lowest BCUT2D eigenvalue weighted by Gasteiger charge is -2.26. The number of benzene rings is 2. The summed E-state index contributed by atoms with van der Waals surface area (Å²) in [5.74, 6) is -0.285. The zero-order chi connectivity index (χ0) is 22.9. The molecule has 3 aliphatic rings. The maximum absolute atomic E-state index is 13.6. The van der Waals surface area contributed by atoms with Crippen LogP contribution in [0.25, 0.3) is 5.70 Å². The maximum Gasteiger partial charge on any atom is 0.254 e. The molecular formula is C26H31FN4O2. The number of nitrogens with two attached hydrogens (primary N) is 1. The molecule has 1 amide bonds. The number of hydrazine groups is 1. The van der Waals surface area contributed by atoms with Crippen LogP contribution in [0.4, 0.5) is 4.39 Å². The van der Waals surface area contributed by atoms with E-state index >= 15 is 0 Å². The Morgan fingerprint density at radius 2 is 2.09 bits per heavy atom. The summed E-state index contributed by atoms with van der Waals surface area (Å²) in [6, 6.07) is 12.4. The van der Waals surface area contributed by atoms with E-state index in [-0.39, 0.29) is 17.8 Å². The van der Waals surface area contributed by atoms with Crippen molar-refractivity contribution in [2.24, 2.45) is 5.73 Å². The molecule has 2 aliphatic heterocycles. The summed E-state index contributed by atoms with van der Waals surface area (Å²) in [4.78, 5) is 15.0. The molecule has 0 unspecified atom stereocenters. The van der Waals surface area contributed by atoms with Gasteiger partial charge >= 0.3 is 0 Å². The summed E-state index contributed by atoms with van der Waals surface area (Å²) in [5, 5.41) is 2.04. The fourth-order valence-corrected chi connectivity index (χ4v) is 4.93. The zero-order valence-corrected chi connectivity index (χ0v) is 19.0. The first-order chi connectivity index (χ1) is 16.0. The standard InChI is InChI=1S/C26H31FN4O2/c1-30-25(20(14-29-30)16-33-23-6-3-7-23)18-8-9-24-19(12-18)15-31(26(24)32)22(13-28)11-17-4-2-5-21(27)10-17/h2,4-5,8-10,12,22-23,29H,3,6-7,11,13-16,28H2,1H3/t22-/m0/s1. The molecule has 6 nitrogen and oxygen atoms in total. The van der Waals surface area contributed by atoms with Gasteiger partial charge in [0.15, 0.2) is 0 Å². The highest BCUT2D eigenvalue weighted by Crippen LogP contribution is 2.32. The molecule has 1 fully saturated rings. The van der Waals surface area contributed by atoms with Gasteiger partial charge in [-0.05, 0) is 72.2 Å². The zero-order valence-electron chi connectivity index (χ0n) is 19.0. The molecule has 0 aromatic heterocycles. The van der Waals surface area contributed by atoms with Crippen molar-refractivity contribution in [2.75, 3.05) is 26.7 Å². The molecule has 2 aromatic carbocycles. The Morgan fingerprint density at radius 1 is 1.24 bits per heavy atom. The normalized spacial score (nSPS) is 19.3. The largest absolute Gasteiger partial charge is 0.374 e. The fraction of sp³-hybridized carbons (Fsp3) is 0.423. The van der Waals surface area contributed by atoms with Crippen LogP contribution >= 0.6 is 0 Å². The minimum atomic E-state index is -0.274. The first-order valence-corrected chi connectivity index (χ1v) is 11.7. The molecule has 1 atom stereocenters. The highest BCUT2D eigenvalue weighted by atomic mass is 19.1. The smallest absolute Gasteiger partial charge is 0.254 e. The quantitative estimate of drug-likeness (QED) is 0.647. The van der Waals surface area contributed by atoms with E-state index in [1.807, 2.05) is 35.2 Å². The third-order valence-electron chi connectivity index (χ3n) is 7.03. The average Bonchev–Trinajstić information content (AvgIpc) is 3.30. The van der Waals surface area contributed by atoms with Crippen molar-refractivity contribution in [3.05, 3.63) is 76.1 Å². The van der Waals surface area contributed by atoms with Crippen molar-refractivity contribution in [3.8, 4) is 0 Å². The van der Waals surface area contributed by atoms with E-state index in [9.17, 15) is 9.18 Å². The Balaban J connectivity index is 1.35. The predicted molar refractivity (Wildman–Crippen MR) is 126 cm³/mol. The van der Waals surface area contributed by atoms with Crippen LogP contribution in [0.5, 0.6) is 0 Å². The van der Waals surface area contributed by atoms with Crippen LogP contribution in [0, 0.1) is 5.82 Å². The average molecular weight is 451 g/mol. The Labute approximate surface area is 194 Å². The predicted octanol–water partition coefficient (Wildman–Crippen LogP) is 3.08. The number of nitrogens with zero attached hydrogens (tertiary/aromatic N) is 2. The Kier molecular flexibility index (Phi) is 6.19. The van der Waals surface area contributed by atoms with E-state index in [1.165, 1.54) is 24.1 Å². The van der Waals surface area contributed by atoms with Crippen LogP contribution in [-0.4, -0.2) is 54.7 Å². The molecule has 7 heteroatoms. The van der Waals surface area contributed by atoms with Gasteiger partial charge in [-0.3, -0.25) is 4.79 Å². The number of amides is 1. The van der Waals surface area contributed by atoms with Crippen LogP contribution in [0.15, 0.2) is 48.0 Å². The van der Waals surface area contributed by atoms with Crippen molar-refractivity contribution >= 4 is 11.6 Å². The van der Waals surface area contributed by atoms with E-state index in [0.717, 1.165) is 47.3 Å². The lowest BCUT2D eigenvalue weighted by Crippen LogP contribution is -2.42. The number of carbonyl (C=O) groups is 1. The number of hydrogen-bond donors (Lipinski definition) is 2. The van der Waals surface area contributed by atoms with Gasteiger partial charge in [-0.2, -0.15) is 0 Å². The molecule has 2 heterocycles. The molecule has 174 valence electrons. The molecule has 0 spiro atoms. The lowest BCUT2D eigenvalue weighted by molar-refractivity contribution is 0.0153. The van der Waals surface area contributed by atoms with Crippen molar-refractivity contribution in [2.45, 2.75) is 44.4 Å². The van der Waals surface area contributed by atoms with Crippen molar-refractivity contribution in [3.63, 3.8) is 0 Å². The van der Waals surface area contributed by atoms with Gasteiger partial charge in [0.05, 0.1) is 18.4 Å². The Morgan fingerprint density at radius 3 is 2.82 bits per heavy atom. The molecular weight excluding hydrogens is 419 g/mol. The highest BCUT2D eigenvalue weighted by Gasteiger charge is 2.33. The molecule has 1 saturated carbocycles. The minimum Gasteiger partial charge on any atom is -0.374 e. The fourth-order valence-electron chi connectivity index (χ4n) is 4.93. The molecule has 0 saturated heterocycles. The second-order valence-corrected chi connectivity index (χ2v) is 9.24.